The van der Waals surface area contributed by atoms with Crippen molar-refractivity contribution in [3.05, 3.63) is 41.1 Å². The van der Waals surface area contributed by atoms with E-state index < -0.39 is 0 Å². The van der Waals surface area contributed by atoms with Gasteiger partial charge in [0.05, 0.1) is 17.7 Å². The average Bonchev–Trinajstić information content (AvgIpc) is 2.61. The number of piperazine rings is 1. The van der Waals surface area contributed by atoms with Crippen LogP contribution in [-0.2, 0) is 4.74 Å². The van der Waals surface area contributed by atoms with Crippen molar-refractivity contribution in [1.29, 1.82) is 0 Å². The Bertz CT molecular complexity index is 811. The van der Waals surface area contributed by atoms with Crippen LogP contribution in [0.1, 0.15) is 28.5 Å². The fraction of sp³-hybridized carbons (Fsp3) is 0.421. The average molecular weight is 341 g/mol. The molecule has 1 aromatic carbocycles. The summed E-state index contributed by atoms with van der Waals surface area (Å²) in [5, 5.41) is 0.878. The quantitative estimate of drug-likeness (QED) is 0.843. The Kier molecular flexibility index (Phi) is 4.88. The minimum atomic E-state index is -0.310. The van der Waals surface area contributed by atoms with Crippen molar-refractivity contribution in [3.8, 4) is 0 Å². The van der Waals surface area contributed by atoms with Crippen molar-refractivity contribution < 1.29 is 14.3 Å². The van der Waals surface area contributed by atoms with Gasteiger partial charge in [-0.25, -0.2) is 4.79 Å². The lowest BCUT2D eigenvalue weighted by molar-refractivity contribution is 0.0572. The van der Waals surface area contributed by atoms with Crippen LogP contribution in [0.5, 0.6) is 0 Å². The van der Waals surface area contributed by atoms with E-state index in [1.165, 1.54) is 0 Å². The third kappa shape index (κ3) is 3.57. The van der Waals surface area contributed by atoms with Gasteiger partial charge in [-0.3, -0.25) is 9.78 Å². The number of ether oxygens (including phenoxy) is 1. The van der Waals surface area contributed by atoms with Crippen molar-refractivity contribution in [2.75, 3.05) is 32.8 Å². The molecule has 1 aromatic heterocycles. The molecule has 0 atom stereocenters. The van der Waals surface area contributed by atoms with Gasteiger partial charge in [-0.1, -0.05) is 11.6 Å². The van der Waals surface area contributed by atoms with Crippen molar-refractivity contribution in [2.45, 2.75) is 20.8 Å². The number of carbonyl (C=O) groups excluding carboxylic acids is 2. The molecular formula is C19H23N3O3. The first-order chi connectivity index (χ1) is 12.0. The van der Waals surface area contributed by atoms with Gasteiger partial charge in [0.15, 0.2) is 0 Å². The molecule has 1 fully saturated rings. The molecule has 0 N–H and O–H groups in total. The number of nitrogens with zero attached hydrogens (tertiary/aromatic N) is 3. The predicted octanol–water partition coefficient (Wildman–Crippen LogP) is 2.77. The number of benzene rings is 1. The standard InChI is InChI=1S/C19H23N3O3/c1-4-25-19(24)22-9-7-21(8-10-22)18(23)16-12-14(3)20-17-6-5-13(2)11-15(16)17/h5-6,11-12H,4,7-10H2,1-3H3. The number of aryl methyl sites for hydroxylation is 2. The van der Waals surface area contributed by atoms with E-state index in [9.17, 15) is 9.59 Å². The molecule has 0 bridgehead atoms. The first-order valence-corrected chi connectivity index (χ1v) is 8.58. The molecule has 132 valence electrons. The van der Waals surface area contributed by atoms with Gasteiger partial charge in [0.1, 0.15) is 0 Å². The van der Waals surface area contributed by atoms with E-state index in [0.29, 0.717) is 38.3 Å². The summed E-state index contributed by atoms with van der Waals surface area (Å²) in [5.74, 6) is -0.00962. The van der Waals surface area contributed by atoms with E-state index >= 15 is 0 Å². The number of hydrogen-bond donors (Lipinski definition) is 0. The largest absolute Gasteiger partial charge is 0.450 e. The molecule has 2 heterocycles. The van der Waals surface area contributed by atoms with Crippen LogP contribution >= 0.6 is 0 Å². The number of fused-ring (bicyclic) bond motifs is 1. The van der Waals surface area contributed by atoms with E-state index in [0.717, 1.165) is 22.2 Å². The van der Waals surface area contributed by atoms with Gasteiger partial charge in [-0.15, -0.1) is 0 Å². The van der Waals surface area contributed by atoms with Crippen LogP contribution in [0.15, 0.2) is 24.3 Å². The zero-order valence-electron chi connectivity index (χ0n) is 14.9. The topological polar surface area (TPSA) is 62.7 Å². The van der Waals surface area contributed by atoms with Crippen LogP contribution in [0.4, 0.5) is 4.79 Å². The number of carbonyl (C=O) groups is 2. The number of aromatic nitrogens is 1. The summed E-state index contributed by atoms with van der Waals surface area (Å²) in [4.78, 5) is 32.8. The Morgan fingerprint density at radius 1 is 1.08 bits per heavy atom. The zero-order valence-corrected chi connectivity index (χ0v) is 14.9. The highest BCUT2D eigenvalue weighted by Crippen LogP contribution is 2.22. The molecule has 0 saturated carbocycles. The summed E-state index contributed by atoms with van der Waals surface area (Å²) in [6.07, 6.45) is -0.310. The fourth-order valence-corrected chi connectivity index (χ4v) is 3.13. The van der Waals surface area contributed by atoms with Crippen LogP contribution in [0.3, 0.4) is 0 Å². The first kappa shape index (κ1) is 17.2. The summed E-state index contributed by atoms with van der Waals surface area (Å²) in [7, 11) is 0. The molecule has 1 aliphatic heterocycles. The lowest BCUT2D eigenvalue weighted by Crippen LogP contribution is -2.50. The fourth-order valence-electron chi connectivity index (χ4n) is 3.13. The molecule has 6 nitrogen and oxygen atoms in total. The van der Waals surface area contributed by atoms with Gasteiger partial charge < -0.3 is 14.5 Å². The molecular weight excluding hydrogens is 318 g/mol. The normalized spacial score (nSPS) is 14.7. The highest BCUT2D eigenvalue weighted by molar-refractivity contribution is 6.06. The smallest absolute Gasteiger partial charge is 0.409 e. The molecule has 1 aliphatic rings. The molecule has 3 rings (SSSR count). The maximum absolute atomic E-state index is 13.0. The minimum absolute atomic E-state index is 0.00962. The molecule has 2 amide bonds. The number of rotatable bonds is 2. The van der Waals surface area contributed by atoms with E-state index in [2.05, 4.69) is 4.98 Å². The van der Waals surface area contributed by atoms with Gasteiger partial charge in [0, 0.05) is 37.3 Å². The Labute approximate surface area is 147 Å². The lowest BCUT2D eigenvalue weighted by Gasteiger charge is -2.34. The van der Waals surface area contributed by atoms with Crippen LogP contribution in [0.2, 0.25) is 0 Å². The second-order valence-electron chi connectivity index (χ2n) is 6.31. The van der Waals surface area contributed by atoms with Crippen molar-refractivity contribution in [2.24, 2.45) is 0 Å². The SMILES string of the molecule is CCOC(=O)N1CCN(C(=O)c2cc(C)nc3ccc(C)cc23)CC1. The predicted molar refractivity (Wildman–Crippen MR) is 95.7 cm³/mol. The third-order valence-corrected chi connectivity index (χ3v) is 4.42. The van der Waals surface area contributed by atoms with E-state index in [-0.39, 0.29) is 12.0 Å². The maximum atomic E-state index is 13.0. The minimum Gasteiger partial charge on any atom is -0.450 e. The number of hydrogen-bond acceptors (Lipinski definition) is 4. The molecule has 0 spiro atoms. The Hall–Kier alpha value is -2.63. The third-order valence-electron chi connectivity index (χ3n) is 4.42. The first-order valence-electron chi connectivity index (χ1n) is 8.58. The van der Waals surface area contributed by atoms with Crippen molar-refractivity contribution in [1.82, 2.24) is 14.8 Å². The molecule has 6 heteroatoms. The molecule has 0 aliphatic carbocycles. The van der Waals surface area contributed by atoms with Crippen molar-refractivity contribution >= 4 is 22.9 Å². The summed E-state index contributed by atoms with van der Waals surface area (Å²) in [5.41, 5.74) is 3.43. The second-order valence-corrected chi connectivity index (χ2v) is 6.31. The summed E-state index contributed by atoms with van der Waals surface area (Å²) in [6, 6.07) is 7.81. The van der Waals surface area contributed by atoms with Crippen LogP contribution in [-0.4, -0.2) is 59.6 Å². The second kappa shape index (κ2) is 7.09. The molecule has 0 radical (unpaired) electrons. The Balaban J connectivity index is 1.81. The lowest BCUT2D eigenvalue weighted by atomic mass is 10.0. The van der Waals surface area contributed by atoms with Gasteiger partial charge in [0.2, 0.25) is 0 Å². The zero-order chi connectivity index (χ0) is 18.0. The summed E-state index contributed by atoms with van der Waals surface area (Å²) in [6.45, 7) is 8.05. The molecule has 1 saturated heterocycles. The van der Waals surface area contributed by atoms with Crippen molar-refractivity contribution in [3.63, 3.8) is 0 Å². The monoisotopic (exact) mass is 341 g/mol. The number of amides is 2. The molecule has 25 heavy (non-hydrogen) atoms. The van der Waals surface area contributed by atoms with Crippen LogP contribution < -0.4 is 0 Å². The summed E-state index contributed by atoms with van der Waals surface area (Å²) >= 11 is 0. The van der Waals surface area contributed by atoms with Crippen LogP contribution in [0.25, 0.3) is 10.9 Å². The Morgan fingerprint density at radius 3 is 2.44 bits per heavy atom. The maximum Gasteiger partial charge on any atom is 0.409 e. The van der Waals surface area contributed by atoms with E-state index in [1.807, 2.05) is 38.1 Å². The van der Waals surface area contributed by atoms with Gasteiger partial charge >= 0.3 is 6.09 Å². The highest BCUT2D eigenvalue weighted by Gasteiger charge is 2.26. The van der Waals surface area contributed by atoms with E-state index in [4.69, 9.17) is 4.74 Å². The van der Waals surface area contributed by atoms with Gasteiger partial charge in [0.25, 0.3) is 5.91 Å². The highest BCUT2D eigenvalue weighted by atomic mass is 16.6. The van der Waals surface area contributed by atoms with Crippen LogP contribution in [0, 0.1) is 13.8 Å². The molecule has 2 aromatic rings. The van der Waals surface area contributed by atoms with Gasteiger partial charge in [-0.2, -0.15) is 0 Å². The molecule has 0 unspecified atom stereocenters. The number of pyridine rings is 1. The van der Waals surface area contributed by atoms with E-state index in [1.54, 1.807) is 16.7 Å². The van der Waals surface area contributed by atoms with Gasteiger partial charge in [-0.05, 0) is 39.0 Å². The summed E-state index contributed by atoms with van der Waals surface area (Å²) < 4.78 is 5.02. The Morgan fingerprint density at radius 2 is 1.76 bits per heavy atom.